The third-order valence-corrected chi connectivity index (χ3v) is 5.99. The van der Waals surface area contributed by atoms with E-state index >= 15 is 0 Å². The van der Waals surface area contributed by atoms with Crippen LogP contribution in [0.25, 0.3) is 0 Å². The summed E-state index contributed by atoms with van der Waals surface area (Å²) in [5.41, 5.74) is 3.19. The molecule has 1 N–H and O–H groups in total. The molecular formula is C24H31N3O2. The lowest BCUT2D eigenvalue weighted by molar-refractivity contribution is 0.0745. The Bertz CT molecular complexity index is 824. The van der Waals surface area contributed by atoms with E-state index in [-0.39, 0.29) is 5.91 Å². The number of para-hydroxylation sites is 2. The van der Waals surface area contributed by atoms with Gasteiger partial charge >= 0.3 is 0 Å². The van der Waals surface area contributed by atoms with E-state index in [0.29, 0.717) is 12.5 Å². The number of amides is 1. The average Bonchev–Trinajstić information content (AvgIpc) is 3.28. The minimum Gasteiger partial charge on any atom is -0.492 e. The standard InChI is InChI=1S/C24H31N3O2/c1-2-29-23-10-6-5-9-22(23)26-13-15-27(16-14-26)24(28)21-8-4-3-7-20(21)17-19-11-12-25-18-19/h3-10,19,25H,2,11-18H2,1H3. The number of carbonyl (C=O) groups is 1. The monoisotopic (exact) mass is 393 g/mol. The largest absolute Gasteiger partial charge is 0.492 e. The SMILES string of the molecule is CCOc1ccccc1N1CCN(C(=O)c2ccccc2CC2CCNC2)CC1. The highest BCUT2D eigenvalue weighted by molar-refractivity contribution is 5.96. The fourth-order valence-corrected chi connectivity index (χ4v) is 4.42. The van der Waals surface area contributed by atoms with E-state index in [9.17, 15) is 4.79 Å². The number of nitrogens with one attached hydrogen (secondary N) is 1. The summed E-state index contributed by atoms with van der Waals surface area (Å²) < 4.78 is 5.79. The average molecular weight is 394 g/mol. The molecule has 29 heavy (non-hydrogen) atoms. The highest BCUT2D eigenvalue weighted by Gasteiger charge is 2.26. The Hall–Kier alpha value is -2.53. The predicted octanol–water partition coefficient (Wildman–Crippen LogP) is 3.20. The normalized spacial score (nSPS) is 19.4. The fourth-order valence-electron chi connectivity index (χ4n) is 4.42. The van der Waals surface area contributed by atoms with Crippen LogP contribution in [-0.4, -0.2) is 56.7 Å². The Balaban J connectivity index is 1.42. The van der Waals surface area contributed by atoms with Gasteiger partial charge in [-0.2, -0.15) is 0 Å². The molecule has 154 valence electrons. The molecule has 2 saturated heterocycles. The molecule has 5 heteroatoms. The minimum atomic E-state index is 0.171. The molecule has 0 saturated carbocycles. The van der Waals surface area contributed by atoms with Gasteiger partial charge in [-0.25, -0.2) is 0 Å². The maximum Gasteiger partial charge on any atom is 0.254 e. The number of ether oxygens (including phenoxy) is 1. The summed E-state index contributed by atoms with van der Waals surface area (Å²) in [6.45, 7) is 7.92. The van der Waals surface area contributed by atoms with Gasteiger partial charge in [-0.3, -0.25) is 4.79 Å². The number of anilines is 1. The third kappa shape index (κ3) is 4.56. The number of hydrogen-bond acceptors (Lipinski definition) is 4. The minimum absolute atomic E-state index is 0.171. The van der Waals surface area contributed by atoms with Crippen LogP contribution >= 0.6 is 0 Å². The van der Waals surface area contributed by atoms with Gasteiger partial charge in [0.2, 0.25) is 0 Å². The van der Waals surface area contributed by atoms with Crippen molar-refractivity contribution in [3.63, 3.8) is 0 Å². The number of hydrogen-bond donors (Lipinski definition) is 1. The van der Waals surface area contributed by atoms with E-state index < -0.39 is 0 Å². The molecular weight excluding hydrogens is 362 g/mol. The lowest BCUT2D eigenvalue weighted by Crippen LogP contribution is -2.49. The summed E-state index contributed by atoms with van der Waals surface area (Å²) in [4.78, 5) is 17.6. The molecule has 0 radical (unpaired) electrons. The van der Waals surface area contributed by atoms with E-state index in [2.05, 4.69) is 28.4 Å². The Kier molecular flexibility index (Phi) is 6.35. The third-order valence-electron chi connectivity index (χ3n) is 5.99. The summed E-state index contributed by atoms with van der Waals surface area (Å²) in [5.74, 6) is 1.73. The van der Waals surface area contributed by atoms with Gasteiger partial charge in [-0.1, -0.05) is 30.3 Å². The second-order valence-corrected chi connectivity index (χ2v) is 7.90. The summed E-state index contributed by atoms with van der Waals surface area (Å²) >= 11 is 0. The van der Waals surface area contributed by atoms with Crippen LogP contribution in [0.4, 0.5) is 5.69 Å². The highest BCUT2D eigenvalue weighted by atomic mass is 16.5. The van der Waals surface area contributed by atoms with Crippen molar-refractivity contribution in [1.29, 1.82) is 0 Å². The molecule has 1 unspecified atom stereocenters. The van der Waals surface area contributed by atoms with Crippen molar-refractivity contribution >= 4 is 11.6 Å². The maximum atomic E-state index is 13.3. The maximum absolute atomic E-state index is 13.3. The van der Waals surface area contributed by atoms with Crippen LogP contribution in [0.3, 0.4) is 0 Å². The molecule has 0 spiro atoms. The molecule has 5 nitrogen and oxygen atoms in total. The Morgan fingerprint density at radius 1 is 1.07 bits per heavy atom. The van der Waals surface area contributed by atoms with Gasteiger partial charge in [0.15, 0.2) is 0 Å². The number of rotatable bonds is 6. The van der Waals surface area contributed by atoms with Crippen LogP contribution < -0.4 is 15.0 Å². The second-order valence-electron chi connectivity index (χ2n) is 7.90. The van der Waals surface area contributed by atoms with Crippen LogP contribution in [0.1, 0.15) is 29.3 Å². The van der Waals surface area contributed by atoms with Crippen molar-refractivity contribution in [1.82, 2.24) is 10.2 Å². The van der Waals surface area contributed by atoms with Gasteiger partial charge in [0.05, 0.1) is 12.3 Å². The quantitative estimate of drug-likeness (QED) is 0.819. The molecule has 0 aliphatic carbocycles. The van der Waals surface area contributed by atoms with E-state index in [1.807, 2.05) is 42.2 Å². The molecule has 1 atom stereocenters. The zero-order valence-corrected chi connectivity index (χ0v) is 17.3. The van der Waals surface area contributed by atoms with Crippen molar-refractivity contribution in [3.05, 3.63) is 59.7 Å². The molecule has 2 aliphatic heterocycles. The van der Waals surface area contributed by atoms with Gasteiger partial charge in [0.25, 0.3) is 5.91 Å². The number of nitrogens with zero attached hydrogens (tertiary/aromatic N) is 2. The predicted molar refractivity (Wildman–Crippen MR) is 117 cm³/mol. The molecule has 2 aliphatic rings. The van der Waals surface area contributed by atoms with Crippen molar-refractivity contribution in [2.45, 2.75) is 19.8 Å². The van der Waals surface area contributed by atoms with Gasteiger partial charge in [-0.15, -0.1) is 0 Å². The molecule has 2 heterocycles. The first-order valence-electron chi connectivity index (χ1n) is 10.8. The Morgan fingerprint density at radius 2 is 1.83 bits per heavy atom. The van der Waals surface area contributed by atoms with Gasteiger partial charge in [0, 0.05) is 31.7 Å². The number of carbonyl (C=O) groups excluding carboxylic acids is 1. The van der Waals surface area contributed by atoms with Gasteiger partial charge in [0.1, 0.15) is 5.75 Å². The van der Waals surface area contributed by atoms with Crippen LogP contribution in [0.5, 0.6) is 5.75 Å². The number of benzene rings is 2. The lowest BCUT2D eigenvalue weighted by Gasteiger charge is -2.37. The second kappa shape index (κ2) is 9.31. The fraction of sp³-hybridized carbons (Fsp3) is 0.458. The molecule has 2 aromatic carbocycles. The lowest BCUT2D eigenvalue weighted by atomic mass is 9.94. The first-order valence-corrected chi connectivity index (χ1v) is 10.8. The summed E-state index contributed by atoms with van der Waals surface area (Å²) in [6.07, 6.45) is 2.18. The molecule has 4 rings (SSSR count). The molecule has 0 bridgehead atoms. The van der Waals surface area contributed by atoms with Gasteiger partial charge < -0.3 is 19.9 Å². The van der Waals surface area contributed by atoms with E-state index in [1.54, 1.807) is 0 Å². The summed E-state index contributed by atoms with van der Waals surface area (Å²) in [5, 5.41) is 3.43. The Morgan fingerprint density at radius 3 is 2.59 bits per heavy atom. The summed E-state index contributed by atoms with van der Waals surface area (Å²) in [6, 6.07) is 16.3. The highest BCUT2D eigenvalue weighted by Crippen LogP contribution is 2.29. The van der Waals surface area contributed by atoms with Crippen LogP contribution in [0.15, 0.2) is 48.5 Å². The molecule has 0 aromatic heterocycles. The zero-order chi connectivity index (χ0) is 20.1. The van der Waals surface area contributed by atoms with E-state index in [0.717, 1.165) is 62.7 Å². The molecule has 1 amide bonds. The van der Waals surface area contributed by atoms with Crippen molar-refractivity contribution < 1.29 is 9.53 Å². The van der Waals surface area contributed by atoms with Crippen molar-refractivity contribution in [2.24, 2.45) is 5.92 Å². The van der Waals surface area contributed by atoms with Crippen LogP contribution in [-0.2, 0) is 6.42 Å². The first kappa shape index (κ1) is 19.8. The van der Waals surface area contributed by atoms with Crippen LogP contribution in [0.2, 0.25) is 0 Å². The molecule has 2 fully saturated rings. The van der Waals surface area contributed by atoms with E-state index in [4.69, 9.17) is 4.74 Å². The van der Waals surface area contributed by atoms with Crippen LogP contribution in [0, 0.1) is 5.92 Å². The smallest absolute Gasteiger partial charge is 0.254 e. The zero-order valence-electron chi connectivity index (χ0n) is 17.3. The van der Waals surface area contributed by atoms with E-state index in [1.165, 1.54) is 12.0 Å². The Labute approximate surface area is 173 Å². The topological polar surface area (TPSA) is 44.8 Å². The van der Waals surface area contributed by atoms with Crippen molar-refractivity contribution in [3.8, 4) is 5.75 Å². The summed E-state index contributed by atoms with van der Waals surface area (Å²) in [7, 11) is 0. The van der Waals surface area contributed by atoms with Gasteiger partial charge in [-0.05, 0) is 62.5 Å². The number of piperazine rings is 1. The van der Waals surface area contributed by atoms with Crippen molar-refractivity contribution in [2.75, 3.05) is 50.8 Å². The molecule has 2 aromatic rings. The first-order chi connectivity index (χ1) is 14.3.